The Kier molecular flexibility index (Phi) is 5.42. The van der Waals surface area contributed by atoms with Gasteiger partial charge in [-0.1, -0.05) is 6.07 Å². The first-order valence-corrected chi connectivity index (χ1v) is 10.2. The molecule has 4 rings (SSSR count). The second-order valence-electron chi connectivity index (χ2n) is 7.90. The topological polar surface area (TPSA) is 43.7 Å². The summed E-state index contributed by atoms with van der Waals surface area (Å²) in [5.74, 6) is 1.14. The summed E-state index contributed by atoms with van der Waals surface area (Å²) in [5.41, 5.74) is 2.06. The lowest BCUT2D eigenvalue weighted by Gasteiger charge is -2.26. The largest absolute Gasteiger partial charge is 0.490 e. The van der Waals surface area contributed by atoms with E-state index in [1.807, 2.05) is 18.2 Å². The SMILES string of the molecule is Cc1cc(C(=O)N2CCC[C@@H]2c2ccc3c(c2)OCCCO3)c(C)n1CC(F)(F)F. The lowest BCUT2D eigenvalue weighted by atomic mass is 10.0. The van der Waals surface area contributed by atoms with Crippen molar-refractivity contribution in [1.82, 2.24) is 9.47 Å². The van der Waals surface area contributed by atoms with Gasteiger partial charge in [0.15, 0.2) is 11.5 Å². The number of hydrogen-bond acceptors (Lipinski definition) is 3. The van der Waals surface area contributed by atoms with Crippen LogP contribution in [-0.2, 0) is 6.54 Å². The third-order valence-corrected chi connectivity index (χ3v) is 5.81. The number of aryl methyl sites for hydroxylation is 1. The van der Waals surface area contributed by atoms with Gasteiger partial charge < -0.3 is 18.9 Å². The van der Waals surface area contributed by atoms with E-state index in [2.05, 4.69) is 0 Å². The van der Waals surface area contributed by atoms with Gasteiger partial charge in [0, 0.05) is 24.4 Å². The van der Waals surface area contributed by atoms with Crippen LogP contribution in [0.2, 0.25) is 0 Å². The van der Waals surface area contributed by atoms with Gasteiger partial charge in [-0.15, -0.1) is 0 Å². The minimum absolute atomic E-state index is 0.139. The molecule has 162 valence electrons. The maximum absolute atomic E-state index is 13.3. The Bertz CT molecular complexity index is 952. The lowest BCUT2D eigenvalue weighted by Crippen LogP contribution is -2.31. The molecule has 2 aromatic rings. The van der Waals surface area contributed by atoms with Crippen molar-refractivity contribution in [1.29, 1.82) is 0 Å². The van der Waals surface area contributed by atoms with Gasteiger partial charge in [-0.2, -0.15) is 13.2 Å². The van der Waals surface area contributed by atoms with Gasteiger partial charge in [0.1, 0.15) is 6.54 Å². The number of nitrogens with zero attached hydrogens (tertiary/aromatic N) is 2. The number of likely N-dealkylation sites (tertiary alicyclic amines) is 1. The summed E-state index contributed by atoms with van der Waals surface area (Å²) in [4.78, 5) is 15.1. The average Bonchev–Trinajstić information content (AvgIpc) is 3.19. The van der Waals surface area contributed by atoms with E-state index in [1.165, 1.54) is 0 Å². The Morgan fingerprint density at radius 3 is 2.57 bits per heavy atom. The Hall–Kier alpha value is -2.64. The number of benzene rings is 1. The standard InChI is InChI=1S/C22H25F3N2O3/c1-14-11-17(15(2)27(14)13-22(23,24)25)21(28)26-8-3-5-18(26)16-6-7-19-20(12-16)30-10-4-9-29-19/h6-7,11-12,18H,3-5,8-10,13H2,1-2H3/t18-/m1/s1. The van der Waals surface area contributed by atoms with E-state index in [4.69, 9.17) is 9.47 Å². The van der Waals surface area contributed by atoms with Crippen LogP contribution < -0.4 is 9.47 Å². The molecule has 3 heterocycles. The molecule has 0 N–H and O–H groups in total. The van der Waals surface area contributed by atoms with Crippen molar-refractivity contribution in [3.63, 3.8) is 0 Å². The quantitative estimate of drug-likeness (QED) is 0.713. The van der Waals surface area contributed by atoms with Crippen LogP contribution in [0.1, 0.15) is 52.6 Å². The molecule has 0 radical (unpaired) electrons. The normalized spacial score (nSPS) is 19.1. The highest BCUT2D eigenvalue weighted by molar-refractivity contribution is 5.96. The van der Waals surface area contributed by atoms with E-state index in [9.17, 15) is 18.0 Å². The minimum Gasteiger partial charge on any atom is -0.490 e. The third kappa shape index (κ3) is 4.00. The van der Waals surface area contributed by atoms with Crippen molar-refractivity contribution in [3.05, 3.63) is 46.8 Å². The van der Waals surface area contributed by atoms with E-state index >= 15 is 0 Å². The summed E-state index contributed by atoms with van der Waals surface area (Å²) in [6.45, 7) is 3.83. The van der Waals surface area contributed by atoms with Crippen LogP contribution in [0.5, 0.6) is 11.5 Å². The molecule has 1 aromatic heterocycles. The molecule has 30 heavy (non-hydrogen) atoms. The van der Waals surface area contributed by atoms with Crippen molar-refractivity contribution in [2.24, 2.45) is 0 Å². The summed E-state index contributed by atoms with van der Waals surface area (Å²) < 4.78 is 51.4. The van der Waals surface area contributed by atoms with Crippen molar-refractivity contribution < 1.29 is 27.4 Å². The third-order valence-electron chi connectivity index (χ3n) is 5.81. The highest BCUT2D eigenvalue weighted by Crippen LogP contribution is 2.39. The number of ether oxygens (including phenoxy) is 2. The van der Waals surface area contributed by atoms with Gasteiger partial charge in [-0.05, 0) is 50.5 Å². The van der Waals surface area contributed by atoms with Crippen LogP contribution in [0.15, 0.2) is 24.3 Å². The number of carbonyl (C=O) groups is 1. The van der Waals surface area contributed by atoms with E-state index in [0.29, 0.717) is 48.2 Å². The molecule has 1 fully saturated rings. The van der Waals surface area contributed by atoms with Gasteiger partial charge in [0.05, 0.1) is 24.8 Å². The maximum Gasteiger partial charge on any atom is 0.406 e. The molecule has 0 saturated carbocycles. The van der Waals surface area contributed by atoms with Gasteiger partial charge in [0.25, 0.3) is 5.91 Å². The Balaban J connectivity index is 1.61. The molecular formula is C22H25F3N2O3. The average molecular weight is 422 g/mol. The summed E-state index contributed by atoms with van der Waals surface area (Å²) >= 11 is 0. The highest BCUT2D eigenvalue weighted by Gasteiger charge is 2.35. The number of alkyl halides is 3. The predicted molar refractivity (Wildman–Crippen MR) is 105 cm³/mol. The fraction of sp³-hybridized carbons (Fsp3) is 0.500. The van der Waals surface area contributed by atoms with Crippen molar-refractivity contribution >= 4 is 5.91 Å². The van der Waals surface area contributed by atoms with Crippen LogP contribution in [0, 0.1) is 13.8 Å². The molecule has 2 aliphatic rings. The summed E-state index contributed by atoms with van der Waals surface area (Å²) in [6, 6.07) is 7.15. The molecule has 0 bridgehead atoms. The molecule has 1 aromatic carbocycles. The summed E-state index contributed by atoms with van der Waals surface area (Å²) in [6.07, 6.45) is -1.89. The molecule has 1 saturated heterocycles. The molecular weight excluding hydrogens is 397 g/mol. The Morgan fingerprint density at radius 2 is 1.83 bits per heavy atom. The number of halogens is 3. The van der Waals surface area contributed by atoms with Gasteiger partial charge in [-0.25, -0.2) is 0 Å². The Morgan fingerprint density at radius 1 is 1.10 bits per heavy atom. The monoisotopic (exact) mass is 422 g/mol. The predicted octanol–water partition coefficient (Wildman–Crippen LogP) is 4.81. The van der Waals surface area contributed by atoms with Gasteiger partial charge >= 0.3 is 6.18 Å². The maximum atomic E-state index is 13.3. The van der Waals surface area contributed by atoms with Crippen LogP contribution in [0.3, 0.4) is 0 Å². The van der Waals surface area contributed by atoms with Crippen LogP contribution >= 0.6 is 0 Å². The van der Waals surface area contributed by atoms with Crippen molar-refractivity contribution in [2.75, 3.05) is 19.8 Å². The zero-order valence-corrected chi connectivity index (χ0v) is 17.1. The summed E-state index contributed by atoms with van der Waals surface area (Å²) in [5, 5.41) is 0. The van der Waals surface area contributed by atoms with E-state index in [1.54, 1.807) is 24.8 Å². The number of carbonyl (C=O) groups excluding carboxylic acids is 1. The number of hydrogen-bond donors (Lipinski definition) is 0. The van der Waals surface area contributed by atoms with Crippen molar-refractivity contribution in [3.8, 4) is 11.5 Å². The lowest BCUT2D eigenvalue weighted by molar-refractivity contribution is -0.141. The molecule has 0 aliphatic carbocycles. The highest BCUT2D eigenvalue weighted by atomic mass is 19.4. The second kappa shape index (κ2) is 7.89. The number of aromatic nitrogens is 1. The number of amides is 1. The molecule has 2 aliphatic heterocycles. The van der Waals surface area contributed by atoms with Gasteiger partial charge in [-0.3, -0.25) is 4.79 Å². The fourth-order valence-corrected chi connectivity index (χ4v) is 4.34. The molecule has 1 amide bonds. The van der Waals surface area contributed by atoms with Crippen LogP contribution in [-0.4, -0.2) is 41.3 Å². The Labute approximate surface area is 173 Å². The van der Waals surface area contributed by atoms with E-state index in [-0.39, 0.29) is 11.9 Å². The number of rotatable bonds is 3. The van der Waals surface area contributed by atoms with Crippen LogP contribution in [0.25, 0.3) is 0 Å². The first-order chi connectivity index (χ1) is 14.2. The molecule has 0 spiro atoms. The van der Waals surface area contributed by atoms with E-state index < -0.39 is 12.7 Å². The van der Waals surface area contributed by atoms with Gasteiger partial charge in [0.2, 0.25) is 0 Å². The zero-order chi connectivity index (χ0) is 21.5. The fourth-order valence-electron chi connectivity index (χ4n) is 4.34. The smallest absolute Gasteiger partial charge is 0.406 e. The van der Waals surface area contributed by atoms with Crippen molar-refractivity contribution in [2.45, 2.75) is 51.9 Å². The molecule has 1 atom stereocenters. The van der Waals surface area contributed by atoms with E-state index in [0.717, 1.165) is 29.4 Å². The minimum atomic E-state index is -4.34. The first kappa shape index (κ1) is 20.6. The first-order valence-electron chi connectivity index (χ1n) is 10.2. The second-order valence-corrected chi connectivity index (χ2v) is 7.90. The number of fused-ring (bicyclic) bond motifs is 1. The molecule has 5 nitrogen and oxygen atoms in total. The van der Waals surface area contributed by atoms with Crippen LogP contribution in [0.4, 0.5) is 13.2 Å². The molecule has 8 heteroatoms. The summed E-state index contributed by atoms with van der Waals surface area (Å²) in [7, 11) is 0. The zero-order valence-electron chi connectivity index (χ0n) is 17.1. The molecule has 0 unspecified atom stereocenters.